The van der Waals surface area contributed by atoms with Crippen LogP contribution in [0.5, 0.6) is 0 Å². The summed E-state index contributed by atoms with van der Waals surface area (Å²) in [5.41, 5.74) is 0.553. The lowest BCUT2D eigenvalue weighted by Crippen LogP contribution is -2.38. The molecular formula is C20H20F3N3OS. The fraction of sp³-hybridized carbons (Fsp3) is 0.300. The molecule has 0 aliphatic heterocycles. The van der Waals surface area contributed by atoms with Crippen molar-refractivity contribution in [2.75, 3.05) is 17.6 Å². The molecule has 1 amide bonds. The highest BCUT2D eigenvalue weighted by molar-refractivity contribution is 7.99. The average molecular weight is 407 g/mol. The van der Waals surface area contributed by atoms with Crippen LogP contribution in [0, 0.1) is 17.2 Å². The number of halogens is 3. The molecule has 0 heterocycles. The predicted octanol–water partition coefficient (Wildman–Crippen LogP) is 4.77. The normalized spacial score (nSPS) is 13.4. The minimum atomic E-state index is -4.52. The second kappa shape index (κ2) is 10.2. The van der Waals surface area contributed by atoms with E-state index < -0.39 is 24.7 Å². The summed E-state index contributed by atoms with van der Waals surface area (Å²) >= 11 is 1.41. The van der Waals surface area contributed by atoms with E-state index in [1.165, 1.54) is 36.0 Å². The lowest BCUT2D eigenvalue weighted by Gasteiger charge is -2.22. The molecule has 148 valence electrons. The zero-order valence-corrected chi connectivity index (χ0v) is 16.0. The van der Waals surface area contributed by atoms with Crippen LogP contribution < -0.4 is 10.6 Å². The van der Waals surface area contributed by atoms with Gasteiger partial charge in [0.15, 0.2) is 0 Å². The molecule has 2 rings (SSSR count). The number of hydrogen-bond acceptors (Lipinski definition) is 4. The molecule has 0 spiro atoms. The van der Waals surface area contributed by atoms with Gasteiger partial charge in [0.25, 0.3) is 0 Å². The summed E-state index contributed by atoms with van der Waals surface area (Å²) in [6, 6.07) is 14.6. The predicted molar refractivity (Wildman–Crippen MR) is 104 cm³/mol. The number of hydrogen-bond donors (Lipinski definition) is 2. The molecule has 0 aliphatic carbocycles. The molecule has 2 aromatic rings. The topological polar surface area (TPSA) is 64.9 Å². The van der Waals surface area contributed by atoms with Crippen molar-refractivity contribution in [2.45, 2.75) is 24.0 Å². The number of carbonyl (C=O) groups excluding carboxylic acids is 1. The van der Waals surface area contributed by atoms with Crippen LogP contribution >= 0.6 is 11.8 Å². The Labute approximate surface area is 166 Å². The van der Waals surface area contributed by atoms with Gasteiger partial charge in [-0.05, 0) is 24.6 Å². The van der Waals surface area contributed by atoms with Gasteiger partial charge in [0.2, 0.25) is 5.91 Å². The molecule has 28 heavy (non-hydrogen) atoms. The number of nitriles is 1. The van der Waals surface area contributed by atoms with Gasteiger partial charge in [-0.1, -0.05) is 42.5 Å². The minimum absolute atomic E-state index is 0.0456. The van der Waals surface area contributed by atoms with Crippen molar-refractivity contribution in [3.8, 4) is 6.07 Å². The van der Waals surface area contributed by atoms with Crippen LogP contribution in [0.1, 0.15) is 18.5 Å². The summed E-state index contributed by atoms with van der Waals surface area (Å²) in [7, 11) is 0. The van der Waals surface area contributed by atoms with Gasteiger partial charge in [-0.25, -0.2) is 0 Å². The lowest BCUT2D eigenvalue weighted by molar-refractivity contribution is -0.158. The Morgan fingerprint density at radius 2 is 1.79 bits per heavy atom. The van der Waals surface area contributed by atoms with Gasteiger partial charge in [-0.15, -0.1) is 11.8 Å². The van der Waals surface area contributed by atoms with E-state index in [1.54, 1.807) is 37.3 Å². The van der Waals surface area contributed by atoms with E-state index in [1.807, 2.05) is 0 Å². The van der Waals surface area contributed by atoms with Crippen LogP contribution in [-0.2, 0) is 4.79 Å². The van der Waals surface area contributed by atoms with Crippen molar-refractivity contribution < 1.29 is 18.0 Å². The van der Waals surface area contributed by atoms with E-state index >= 15 is 0 Å². The van der Waals surface area contributed by atoms with Gasteiger partial charge in [0.1, 0.15) is 6.04 Å². The van der Waals surface area contributed by atoms with Gasteiger partial charge in [-0.2, -0.15) is 18.4 Å². The number of nitrogens with one attached hydrogen (secondary N) is 2. The van der Waals surface area contributed by atoms with Gasteiger partial charge in [0.05, 0.1) is 24.2 Å². The Bertz CT molecular complexity index is 821. The van der Waals surface area contributed by atoms with Gasteiger partial charge in [0, 0.05) is 10.6 Å². The highest BCUT2D eigenvalue weighted by Gasteiger charge is 2.40. The van der Waals surface area contributed by atoms with Crippen LogP contribution in [0.25, 0.3) is 0 Å². The molecule has 8 heteroatoms. The van der Waals surface area contributed by atoms with E-state index in [-0.39, 0.29) is 11.5 Å². The summed E-state index contributed by atoms with van der Waals surface area (Å²) in [5.74, 6) is -0.188. The monoisotopic (exact) mass is 407 g/mol. The van der Waals surface area contributed by atoms with Crippen molar-refractivity contribution in [2.24, 2.45) is 5.92 Å². The third kappa shape index (κ3) is 6.59. The van der Waals surface area contributed by atoms with Crippen molar-refractivity contribution in [3.05, 3.63) is 60.2 Å². The van der Waals surface area contributed by atoms with E-state index in [4.69, 9.17) is 5.26 Å². The highest BCUT2D eigenvalue weighted by Crippen LogP contribution is 2.32. The summed E-state index contributed by atoms with van der Waals surface area (Å²) in [6.45, 7) is 1.30. The number of thioether (sulfide) groups is 1. The fourth-order valence-corrected chi connectivity index (χ4v) is 3.36. The summed E-state index contributed by atoms with van der Waals surface area (Å²) in [6.07, 6.45) is -4.52. The quantitative estimate of drug-likeness (QED) is 0.619. The van der Waals surface area contributed by atoms with Crippen LogP contribution in [-0.4, -0.2) is 24.4 Å². The van der Waals surface area contributed by atoms with Crippen molar-refractivity contribution >= 4 is 23.4 Å². The maximum Gasteiger partial charge on any atom is 0.407 e. The third-order valence-corrected chi connectivity index (χ3v) is 5.13. The molecule has 0 saturated carbocycles. The Balaban J connectivity index is 2.01. The molecule has 2 aromatic carbocycles. The number of nitrogens with zero attached hydrogens (tertiary/aromatic N) is 1. The number of amides is 1. The zero-order chi connectivity index (χ0) is 20.6. The fourth-order valence-electron chi connectivity index (χ4n) is 2.41. The van der Waals surface area contributed by atoms with E-state index in [0.717, 1.165) is 4.90 Å². The first-order valence-electron chi connectivity index (χ1n) is 8.57. The van der Waals surface area contributed by atoms with Gasteiger partial charge >= 0.3 is 6.18 Å². The summed E-state index contributed by atoms with van der Waals surface area (Å²) in [4.78, 5) is 13.0. The number of benzene rings is 2. The number of alkyl halides is 3. The third-order valence-electron chi connectivity index (χ3n) is 3.80. The molecule has 4 nitrogen and oxygen atoms in total. The maximum atomic E-state index is 13.3. The highest BCUT2D eigenvalue weighted by atomic mass is 32.2. The first-order chi connectivity index (χ1) is 13.3. The Hall–Kier alpha value is -2.50. The van der Waals surface area contributed by atoms with E-state index in [0.29, 0.717) is 11.4 Å². The molecule has 0 saturated heterocycles. The van der Waals surface area contributed by atoms with E-state index in [9.17, 15) is 18.0 Å². The molecule has 2 unspecified atom stereocenters. The smallest absolute Gasteiger partial charge is 0.324 e. The second-order valence-corrected chi connectivity index (χ2v) is 7.21. The van der Waals surface area contributed by atoms with Crippen molar-refractivity contribution in [1.82, 2.24) is 5.32 Å². The van der Waals surface area contributed by atoms with Crippen molar-refractivity contribution in [1.29, 1.82) is 5.26 Å². The number of carbonyl (C=O) groups is 1. The second-order valence-electron chi connectivity index (χ2n) is 6.15. The minimum Gasteiger partial charge on any atom is -0.324 e. The number of rotatable bonds is 8. The molecule has 0 bridgehead atoms. The zero-order valence-electron chi connectivity index (χ0n) is 15.2. The largest absolute Gasteiger partial charge is 0.407 e. The SMILES string of the molecule is CC(C#N)CSc1ccccc1NC(=O)CNC(c1ccccc1)C(F)(F)F. The van der Waals surface area contributed by atoms with Crippen LogP contribution in [0.2, 0.25) is 0 Å². The van der Waals surface area contributed by atoms with Crippen molar-refractivity contribution in [3.63, 3.8) is 0 Å². The first kappa shape index (κ1) is 21.8. The Morgan fingerprint density at radius 1 is 1.14 bits per heavy atom. The van der Waals surface area contributed by atoms with Gasteiger partial charge in [-0.3, -0.25) is 10.1 Å². The Kier molecular flexibility index (Phi) is 7.91. The molecular weight excluding hydrogens is 387 g/mol. The summed E-state index contributed by atoms with van der Waals surface area (Å²) in [5, 5.41) is 13.8. The standard InChI is InChI=1S/C20H20F3N3OS/c1-14(11-24)13-28-17-10-6-5-9-16(17)26-18(27)12-25-19(20(21,22)23)15-7-3-2-4-8-15/h2-10,14,19,25H,12-13H2,1H3,(H,26,27). The molecule has 0 aliphatic rings. The van der Waals surface area contributed by atoms with Crippen LogP contribution in [0.15, 0.2) is 59.5 Å². The Morgan fingerprint density at radius 3 is 2.43 bits per heavy atom. The molecule has 0 aromatic heterocycles. The van der Waals surface area contributed by atoms with Crippen LogP contribution in [0.4, 0.5) is 18.9 Å². The molecule has 0 radical (unpaired) electrons. The first-order valence-corrected chi connectivity index (χ1v) is 9.56. The maximum absolute atomic E-state index is 13.3. The summed E-state index contributed by atoms with van der Waals surface area (Å²) < 4.78 is 40.0. The van der Waals surface area contributed by atoms with Gasteiger partial charge < -0.3 is 5.32 Å². The van der Waals surface area contributed by atoms with E-state index in [2.05, 4.69) is 16.7 Å². The number of para-hydroxylation sites is 1. The molecule has 2 atom stereocenters. The number of anilines is 1. The molecule has 2 N–H and O–H groups in total. The molecule has 0 fully saturated rings. The van der Waals surface area contributed by atoms with Crippen LogP contribution in [0.3, 0.4) is 0 Å². The lowest BCUT2D eigenvalue weighted by atomic mass is 10.1. The average Bonchev–Trinajstić information content (AvgIpc) is 2.67.